The van der Waals surface area contributed by atoms with Crippen molar-refractivity contribution in [3.63, 3.8) is 0 Å². The van der Waals surface area contributed by atoms with Crippen LogP contribution in [0.25, 0.3) is 0 Å². The molecule has 5 nitrogen and oxygen atoms in total. The van der Waals surface area contributed by atoms with Crippen LogP contribution in [0.3, 0.4) is 0 Å². The molecule has 1 aromatic rings. The van der Waals surface area contributed by atoms with E-state index in [-0.39, 0.29) is 30.0 Å². The van der Waals surface area contributed by atoms with Gasteiger partial charge in [0, 0.05) is 11.7 Å². The van der Waals surface area contributed by atoms with E-state index in [0.717, 1.165) is 12.1 Å². The van der Waals surface area contributed by atoms with Crippen LogP contribution in [0.5, 0.6) is 0 Å². The van der Waals surface area contributed by atoms with Crippen LogP contribution in [0.2, 0.25) is 0 Å². The maximum Gasteiger partial charge on any atom is 0.238 e. The largest absolute Gasteiger partial charge is 0.325 e. The minimum absolute atomic E-state index is 0.0387. The molecule has 1 fully saturated rings. The molecule has 0 aromatic heterocycles. The van der Waals surface area contributed by atoms with Gasteiger partial charge in [0.25, 0.3) is 0 Å². The number of amides is 1. The highest BCUT2D eigenvalue weighted by Crippen LogP contribution is 2.17. The Balaban J connectivity index is 1.91. The Kier molecular flexibility index (Phi) is 5.58. The quantitative estimate of drug-likeness (QED) is 0.865. The van der Waals surface area contributed by atoms with Gasteiger partial charge in [-0.3, -0.25) is 9.69 Å². The zero-order valence-electron chi connectivity index (χ0n) is 13.2. The van der Waals surface area contributed by atoms with E-state index in [1.54, 1.807) is 0 Å². The summed E-state index contributed by atoms with van der Waals surface area (Å²) in [6, 6.07) is 7.75. The number of rotatable bonds is 6. The van der Waals surface area contributed by atoms with Gasteiger partial charge in [0.15, 0.2) is 9.84 Å². The molecule has 2 rings (SSSR count). The molecule has 0 spiro atoms. The number of likely N-dealkylation sites (N-methyl/N-ethyl adjacent to an activating group) is 1. The molecule has 0 radical (unpaired) electrons. The molecule has 6 heteroatoms. The Morgan fingerprint density at radius 1 is 1.27 bits per heavy atom. The second kappa shape index (κ2) is 7.24. The molecule has 0 bridgehead atoms. The third kappa shape index (κ3) is 4.55. The van der Waals surface area contributed by atoms with Gasteiger partial charge in [-0.1, -0.05) is 26.0 Å². The summed E-state index contributed by atoms with van der Waals surface area (Å²) < 4.78 is 23.1. The van der Waals surface area contributed by atoms with E-state index in [2.05, 4.69) is 12.2 Å². The van der Waals surface area contributed by atoms with Crippen LogP contribution in [-0.2, 0) is 21.1 Å². The normalized spacial score (nSPS) is 20.2. The van der Waals surface area contributed by atoms with Crippen molar-refractivity contribution in [2.75, 3.05) is 29.9 Å². The fourth-order valence-electron chi connectivity index (χ4n) is 2.77. The Bertz CT molecular complexity index is 611. The lowest BCUT2D eigenvalue weighted by Gasteiger charge is -2.25. The molecule has 0 saturated carbocycles. The Morgan fingerprint density at radius 3 is 2.45 bits per heavy atom. The van der Waals surface area contributed by atoms with Crippen LogP contribution in [0.1, 0.15) is 25.8 Å². The highest BCUT2D eigenvalue weighted by atomic mass is 32.2. The lowest BCUT2D eigenvalue weighted by atomic mass is 10.1. The summed E-state index contributed by atoms with van der Waals surface area (Å²) in [5, 5.41) is 2.87. The first-order valence-electron chi connectivity index (χ1n) is 7.76. The molecule has 1 atom stereocenters. The standard InChI is InChI=1S/C16H24N2O3S/c1-3-13-5-7-14(8-6-13)17-16(19)11-18(4-2)15-9-10-22(20,21)12-15/h5-8,15H,3-4,9-12H2,1-2H3,(H,17,19). The molecule has 0 aliphatic carbocycles. The maximum atomic E-state index is 12.2. The molecule has 1 aliphatic rings. The summed E-state index contributed by atoms with van der Waals surface area (Å²) in [6.45, 7) is 4.94. The van der Waals surface area contributed by atoms with Crippen LogP contribution >= 0.6 is 0 Å². The summed E-state index contributed by atoms with van der Waals surface area (Å²) in [5.74, 6) is 0.295. The summed E-state index contributed by atoms with van der Waals surface area (Å²) in [5.41, 5.74) is 2.00. The van der Waals surface area contributed by atoms with Gasteiger partial charge in [0.1, 0.15) is 0 Å². The molecule has 1 heterocycles. The lowest BCUT2D eigenvalue weighted by Crippen LogP contribution is -2.41. The second-order valence-electron chi connectivity index (χ2n) is 5.72. The molecule has 122 valence electrons. The fourth-order valence-corrected chi connectivity index (χ4v) is 4.53. The smallest absolute Gasteiger partial charge is 0.238 e. The monoisotopic (exact) mass is 324 g/mol. The molecule has 1 unspecified atom stereocenters. The Morgan fingerprint density at radius 2 is 1.95 bits per heavy atom. The van der Waals surface area contributed by atoms with E-state index < -0.39 is 9.84 Å². The average molecular weight is 324 g/mol. The molecule has 1 N–H and O–H groups in total. The van der Waals surface area contributed by atoms with Crippen molar-refractivity contribution >= 4 is 21.4 Å². The fraction of sp³-hybridized carbons (Fsp3) is 0.562. The van der Waals surface area contributed by atoms with E-state index in [1.807, 2.05) is 36.1 Å². The number of carbonyl (C=O) groups is 1. The van der Waals surface area contributed by atoms with E-state index in [1.165, 1.54) is 5.56 Å². The summed E-state index contributed by atoms with van der Waals surface area (Å²) in [4.78, 5) is 14.1. The summed E-state index contributed by atoms with van der Waals surface area (Å²) in [7, 11) is -2.93. The minimum atomic E-state index is -2.93. The van der Waals surface area contributed by atoms with Gasteiger partial charge < -0.3 is 5.32 Å². The number of nitrogens with zero attached hydrogens (tertiary/aromatic N) is 1. The van der Waals surface area contributed by atoms with Gasteiger partial charge >= 0.3 is 0 Å². The van der Waals surface area contributed by atoms with Gasteiger partial charge in [-0.25, -0.2) is 8.42 Å². The molecule has 1 aromatic carbocycles. The molecule has 1 saturated heterocycles. The highest BCUT2D eigenvalue weighted by Gasteiger charge is 2.32. The topological polar surface area (TPSA) is 66.5 Å². The maximum absolute atomic E-state index is 12.2. The van der Waals surface area contributed by atoms with Crippen LogP contribution in [0.15, 0.2) is 24.3 Å². The van der Waals surface area contributed by atoms with Gasteiger partial charge in [-0.05, 0) is 37.1 Å². The number of sulfone groups is 1. The average Bonchev–Trinajstić information content (AvgIpc) is 2.85. The van der Waals surface area contributed by atoms with Gasteiger partial charge in [-0.15, -0.1) is 0 Å². The SMILES string of the molecule is CCc1ccc(NC(=O)CN(CC)C2CCS(=O)(=O)C2)cc1. The number of anilines is 1. The first-order valence-corrected chi connectivity index (χ1v) is 9.59. The van der Waals surface area contributed by atoms with E-state index in [0.29, 0.717) is 13.0 Å². The molecule has 22 heavy (non-hydrogen) atoms. The molecular formula is C16H24N2O3S. The van der Waals surface area contributed by atoms with Crippen LogP contribution in [0, 0.1) is 0 Å². The van der Waals surface area contributed by atoms with Gasteiger partial charge in [0.2, 0.25) is 5.91 Å². The van der Waals surface area contributed by atoms with Crippen molar-refractivity contribution in [1.29, 1.82) is 0 Å². The predicted octanol–water partition coefficient (Wildman–Crippen LogP) is 1.70. The summed E-state index contributed by atoms with van der Waals surface area (Å²) in [6.07, 6.45) is 1.59. The third-order valence-electron chi connectivity index (χ3n) is 4.12. The Hall–Kier alpha value is -1.40. The summed E-state index contributed by atoms with van der Waals surface area (Å²) >= 11 is 0. The third-order valence-corrected chi connectivity index (χ3v) is 5.87. The van der Waals surface area contributed by atoms with Crippen molar-refractivity contribution < 1.29 is 13.2 Å². The first-order chi connectivity index (χ1) is 10.4. The van der Waals surface area contributed by atoms with Gasteiger partial charge in [-0.2, -0.15) is 0 Å². The first kappa shape index (κ1) is 17.0. The van der Waals surface area contributed by atoms with E-state index in [4.69, 9.17) is 0 Å². The van der Waals surface area contributed by atoms with Crippen molar-refractivity contribution in [1.82, 2.24) is 4.90 Å². The lowest BCUT2D eigenvalue weighted by molar-refractivity contribution is -0.117. The van der Waals surface area contributed by atoms with Crippen molar-refractivity contribution in [3.8, 4) is 0 Å². The van der Waals surface area contributed by atoms with Crippen molar-refractivity contribution in [2.45, 2.75) is 32.7 Å². The van der Waals surface area contributed by atoms with Crippen LogP contribution in [-0.4, -0.2) is 49.9 Å². The predicted molar refractivity (Wildman–Crippen MR) is 88.8 cm³/mol. The number of nitrogens with one attached hydrogen (secondary N) is 1. The number of carbonyl (C=O) groups excluding carboxylic acids is 1. The van der Waals surface area contributed by atoms with E-state index >= 15 is 0 Å². The van der Waals surface area contributed by atoms with Crippen LogP contribution < -0.4 is 5.32 Å². The molecular weight excluding hydrogens is 300 g/mol. The zero-order valence-corrected chi connectivity index (χ0v) is 14.0. The molecule has 1 amide bonds. The minimum Gasteiger partial charge on any atom is -0.325 e. The Labute approximate surface area is 132 Å². The molecule has 1 aliphatic heterocycles. The van der Waals surface area contributed by atoms with E-state index in [9.17, 15) is 13.2 Å². The van der Waals surface area contributed by atoms with Crippen molar-refractivity contribution in [2.24, 2.45) is 0 Å². The van der Waals surface area contributed by atoms with Crippen LogP contribution in [0.4, 0.5) is 5.69 Å². The highest BCUT2D eigenvalue weighted by molar-refractivity contribution is 7.91. The number of hydrogen-bond donors (Lipinski definition) is 1. The zero-order chi connectivity index (χ0) is 16.2. The van der Waals surface area contributed by atoms with Crippen molar-refractivity contribution in [3.05, 3.63) is 29.8 Å². The number of benzene rings is 1. The number of aryl methyl sites for hydroxylation is 1. The van der Waals surface area contributed by atoms with Gasteiger partial charge in [0.05, 0.1) is 18.1 Å². The number of hydrogen-bond acceptors (Lipinski definition) is 4. The second-order valence-corrected chi connectivity index (χ2v) is 7.95.